The topological polar surface area (TPSA) is 38.9 Å². The molecule has 0 aliphatic carbocycles. The van der Waals surface area contributed by atoms with E-state index in [4.69, 9.17) is 14.4 Å². The van der Waals surface area contributed by atoms with Gasteiger partial charge >= 0.3 is 0 Å². The van der Waals surface area contributed by atoms with E-state index in [0.717, 1.165) is 50.0 Å². The van der Waals surface area contributed by atoms with Crippen molar-refractivity contribution in [3.8, 4) is 45.0 Å². The predicted molar refractivity (Wildman–Crippen MR) is 204 cm³/mol. The van der Waals surface area contributed by atoms with Crippen molar-refractivity contribution in [2.75, 3.05) is 0 Å². The highest BCUT2D eigenvalue weighted by molar-refractivity contribution is 6.15. The van der Waals surface area contributed by atoms with E-state index in [1.807, 2.05) is 36.4 Å². The van der Waals surface area contributed by atoms with Gasteiger partial charge in [-0.1, -0.05) is 133 Å². The number of furan rings is 1. The van der Waals surface area contributed by atoms with Crippen LogP contribution in [0.2, 0.25) is 0 Å². The minimum Gasteiger partial charge on any atom is -0.456 e. The van der Waals surface area contributed by atoms with Crippen molar-refractivity contribution in [2.24, 2.45) is 0 Å². The van der Waals surface area contributed by atoms with Crippen LogP contribution >= 0.6 is 0 Å². The maximum Gasteiger partial charge on any atom is 0.160 e. The first kappa shape index (κ1) is 27.5. The van der Waals surface area contributed by atoms with E-state index in [0.29, 0.717) is 5.82 Å². The standard InChI is InChI=1S/C46H28N2O/c1-2-9-31(10-3-1)46-47-42(28-43(48-46)35-22-24-40-39-13-6-7-16-44(39)49-45(40)27-35)30-19-17-29(18-20-30)36-14-8-15-37-38(36)23-21-34-25-32-11-4-5-12-33(32)26-41(34)37/h1-28H. The molecule has 0 saturated carbocycles. The summed E-state index contributed by atoms with van der Waals surface area (Å²) in [4.78, 5) is 10.1. The zero-order valence-electron chi connectivity index (χ0n) is 26.5. The lowest BCUT2D eigenvalue weighted by atomic mass is 9.93. The Morgan fingerprint density at radius 3 is 1.84 bits per heavy atom. The largest absolute Gasteiger partial charge is 0.456 e. The molecule has 0 unspecified atom stereocenters. The lowest BCUT2D eigenvalue weighted by Crippen LogP contribution is -1.96. The highest BCUT2D eigenvalue weighted by Gasteiger charge is 2.14. The minimum atomic E-state index is 0.690. The Morgan fingerprint density at radius 2 is 0.980 bits per heavy atom. The van der Waals surface area contributed by atoms with E-state index in [-0.39, 0.29) is 0 Å². The molecule has 0 bridgehead atoms. The number of benzene rings is 8. The summed E-state index contributed by atoms with van der Waals surface area (Å²) in [5.41, 5.74) is 8.83. The van der Waals surface area contributed by atoms with E-state index >= 15 is 0 Å². The highest BCUT2D eigenvalue weighted by atomic mass is 16.3. The van der Waals surface area contributed by atoms with Gasteiger partial charge in [-0.15, -0.1) is 0 Å². The Balaban J connectivity index is 1.08. The molecule has 228 valence electrons. The molecule has 2 heterocycles. The Labute approximate surface area is 282 Å². The first-order valence-electron chi connectivity index (χ1n) is 16.6. The molecule has 10 rings (SSSR count). The van der Waals surface area contributed by atoms with Gasteiger partial charge in [0.25, 0.3) is 0 Å². The number of aromatic nitrogens is 2. The van der Waals surface area contributed by atoms with Gasteiger partial charge in [-0.2, -0.15) is 0 Å². The lowest BCUT2D eigenvalue weighted by molar-refractivity contribution is 0.669. The fourth-order valence-electron chi connectivity index (χ4n) is 7.20. The van der Waals surface area contributed by atoms with Crippen molar-refractivity contribution in [2.45, 2.75) is 0 Å². The molecule has 0 aliphatic heterocycles. The molecule has 49 heavy (non-hydrogen) atoms. The number of rotatable bonds is 4. The van der Waals surface area contributed by atoms with Crippen LogP contribution < -0.4 is 0 Å². The number of hydrogen-bond donors (Lipinski definition) is 0. The molecule has 0 spiro atoms. The van der Waals surface area contributed by atoms with Gasteiger partial charge in [-0.25, -0.2) is 9.97 Å². The number of fused-ring (bicyclic) bond motifs is 7. The summed E-state index contributed by atoms with van der Waals surface area (Å²) in [6, 6.07) is 59.8. The van der Waals surface area contributed by atoms with Gasteiger partial charge in [0.15, 0.2) is 5.82 Å². The number of para-hydroxylation sites is 1. The Hall–Kier alpha value is -6.58. The SMILES string of the molecule is c1ccc(-c2nc(-c3ccc(-c4cccc5c4ccc4cc6ccccc6cc45)cc3)cc(-c3ccc4c(c3)oc3ccccc34)n2)cc1. The fraction of sp³-hybridized carbons (Fsp3) is 0. The summed E-state index contributed by atoms with van der Waals surface area (Å²) >= 11 is 0. The van der Waals surface area contributed by atoms with Crippen LogP contribution in [0.4, 0.5) is 0 Å². The summed E-state index contributed by atoms with van der Waals surface area (Å²) in [6.07, 6.45) is 0. The van der Waals surface area contributed by atoms with Crippen LogP contribution in [-0.4, -0.2) is 9.97 Å². The quantitative estimate of drug-likeness (QED) is 0.144. The van der Waals surface area contributed by atoms with Crippen molar-refractivity contribution in [1.82, 2.24) is 9.97 Å². The monoisotopic (exact) mass is 624 g/mol. The van der Waals surface area contributed by atoms with Crippen molar-refractivity contribution < 1.29 is 4.42 Å². The Morgan fingerprint density at radius 1 is 0.327 bits per heavy atom. The number of hydrogen-bond acceptors (Lipinski definition) is 3. The number of nitrogens with zero attached hydrogens (tertiary/aromatic N) is 2. The van der Waals surface area contributed by atoms with Crippen LogP contribution in [0.15, 0.2) is 174 Å². The molecule has 8 aromatic carbocycles. The van der Waals surface area contributed by atoms with Crippen LogP contribution in [0, 0.1) is 0 Å². The van der Waals surface area contributed by atoms with Gasteiger partial charge in [-0.05, 0) is 79.8 Å². The van der Waals surface area contributed by atoms with Crippen LogP contribution in [0.25, 0.3) is 99.3 Å². The average molecular weight is 625 g/mol. The van der Waals surface area contributed by atoms with Crippen LogP contribution in [-0.2, 0) is 0 Å². The van der Waals surface area contributed by atoms with Gasteiger partial charge in [0.05, 0.1) is 11.4 Å². The lowest BCUT2D eigenvalue weighted by Gasteiger charge is -2.12. The van der Waals surface area contributed by atoms with Crippen molar-refractivity contribution in [3.63, 3.8) is 0 Å². The molecular weight excluding hydrogens is 597 g/mol. The smallest absolute Gasteiger partial charge is 0.160 e. The maximum absolute atomic E-state index is 6.23. The zero-order chi connectivity index (χ0) is 32.3. The normalized spacial score (nSPS) is 11.7. The van der Waals surface area contributed by atoms with E-state index < -0.39 is 0 Å². The molecule has 3 heteroatoms. The molecule has 0 N–H and O–H groups in total. The molecule has 0 radical (unpaired) electrons. The van der Waals surface area contributed by atoms with E-state index in [9.17, 15) is 0 Å². The molecular formula is C46H28N2O. The third-order valence-electron chi connectivity index (χ3n) is 9.67. The molecule has 3 nitrogen and oxygen atoms in total. The van der Waals surface area contributed by atoms with Crippen LogP contribution in [0.1, 0.15) is 0 Å². The minimum absolute atomic E-state index is 0.690. The van der Waals surface area contributed by atoms with E-state index in [1.54, 1.807) is 0 Å². The predicted octanol–water partition coefficient (Wildman–Crippen LogP) is 12.5. The van der Waals surface area contributed by atoms with Gasteiger partial charge in [0, 0.05) is 27.5 Å². The molecule has 0 atom stereocenters. The first-order chi connectivity index (χ1) is 24.2. The second kappa shape index (κ2) is 11.0. The zero-order valence-corrected chi connectivity index (χ0v) is 26.5. The third-order valence-corrected chi connectivity index (χ3v) is 9.67. The molecule has 10 aromatic rings. The fourth-order valence-corrected chi connectivity index (χ4v) is 7.20. The Kier molecular flexibility index (Phi) is 6.18. The van der Waals surface area contributed by atoms with Crippen molar-refractivity contribution in [3.05, 3.63) is 170 Å². The molecule has 0 fully saturated rings. The van der Waals surface area contributed by atoms with E-state index in [2.05, 4.69) is 133 Å². The van der Waals surface area contributed by atoms with Crippen LogP contribution in [0.3, 0.4) is 0 Å². The summed E-state index contributed by atoms with van der Waals surface area (Å²) in [5.74, 6) is 0.690. The van der Waals surface area contributed by atoms with E-state index in [1.165, 1.54) is 43.4 Å². The summed E-state index contributed by atoms with van der Waals surface area (Å²) in [7, 11) is 0. The van der Waals surface area contributed by atoms with Crippen molar-refractivity contribution in [1.29, 1.82) is 0 Å². The second-order valence-electron chi connectivity index (χ2n) is 12.6. The molecule has 0 aliphatic rings. The van der Waals surface area contributed by atoms with Gasteiger partial charge in [0.1, 0.15) is 11.2 Å². The third kappa shape index (κ3) is 4.67. The van der Waals surface area contributed by atoms with Crippen molar-refractivity contribution >= 4 is 54.3 Å². The van der Waals surface area contributed by atoms with Gasteiger partial charge in [0.2, 0.25) is 0 Å². The van der Waals surface area contributed by atoms with Gasteiger partial charge < -0.3 is 4.42 Å². The summed E-state index contributed by atoms with van der Waals surface area (Å²) in [5, 5.41) is 9.78. The highest BCUT2D eigenvalue weighted by Crippen LogP contribution is 2.37. The first-order valence-corrected chi connectivity index (χ1v) is 16.6. The summed E-state index contributed by atoms with van der Waals surface area (Å²) < 4.78 is 6.23. The molecule has 2 aromatic heterocycles. The van der Waals surface area contributed by atoms with Gasteiger partial charge in [-0.3, -0.25) is 0 Å². The van der Waals surface area contributed by atoms with Crippen LogP contribution in [0.5, 0.6) is 0 Å². The maximum atomic E-state index is 6.23. The Bertz CT molecular complexity index is 2870. The summed E-state index contributed by atoms with van der Waals surface area (Å²) in [6.45, 7) is 0. The molecule has 0 saturated heterocycles. The average Bonchev–Trinajstić information content (AvgIpc) is 3.55. The second-order valence-corrected chi connectivity index (χ2v) is 12.6. The molecule has 0 amide bonds.